The lowest BCUT2D eigenvalue weighted by Gasteiger charge is -2.16. The maximum absolute atomic E-state index is 12.8. The average molecular weight is 368 g/mol. The van der Waals surface area contributed by atoms with Crippen LogP contribution in [0.3, 0.4) is 0 Å². The van der Waals surface area contributed by atoms with Crippen molar-refractivity contribution < 1.29 is 18.0 Å². The molecule has 6 heteroatoms. The van der Waals surface area contributed by atoms with Gasteiger partial charge in [-0.3, -0.25) is 4.79 Å². The number of benzene rings is 2. The number of hydrogen-bond donors (Lipinski definition) is 1. The first-order chi connectivity index (χ1) is 11.8. The van der Waals surface area contributed by atoms with Crippen molar-refractivity contribution >= 4 is 17.5 Å². The molecule has 1 aliphatic rings. The average Bonchev–Trinajstić information content (AvgIpc) is 3.35. The Labute approximate surface area is 149 Å². The van der Waals surface area contributed by atoms with Crippen molar-refractivity contribution in [2.24, 2.45) is 5.92 Å². The molecule has 0 aromatic heterocycles. The number of hydrogen-bond acceptors (Lipinski definition) is 1. The van der Waals surface area contributed by atoms with Gasteiger partial charge in [-0.15, -0.1) is 0 Å². The lowest BCUT2D eigenvalue weighted by atomic mass is 10.0. The van der Waals surface area contributed by atoms with Crippen LogP contribution in [0.5, 0.6) is 0 Å². The molecule has 3 unspecified atom stereocenters. The summed E-state index contributed by atoms with van der Waals surface area (Å²) in [5.41, 5.74) is 0.653. The van der Waals surface area contributed by atoms with Crippen molar-refractivity contribution in [3.63, 3.8) is 0 Å². The third-order valence-electron chi connectivity index (χ3n) is 4.50. The first-order valence-electron chi connectivity index (χ1n) is 7.99. The second-order valence-electron chi connectivity index (χ2n) is 6.32. The summed E-state index contributed by atoms with van der Waals surface area (Å²) in [5, 5.41) is 3.44. The summed E-state index contributed by atoms with van der Waals surface area (Å²) in [6.45, 7) is 1.68. The summed E-state index contributed by atoms with van der Waals surface area (Å²) in [6, 6.07) is 11.9. The predicted octanol–water partition coefficient (Wildman–Crippen LogP) is 5.34. The Morgan fingerprint density at radius 1 is 1.20 bits per heavy atom. The molecule has 1 fully saturated rings. The Morgan fingerprint density at radius 2 is 1.92 bits per heavy atom. The lowest BCUT2D eigenvalue weighted by Crippen LogP contribution is -2.28. The first kappa shape index (κ1) is 17.8. The molecule has 0 aliphatic heterocycles. The molecule has 0 saturated heterocycles. The molecule has 1 aliphatic carbocycles. The van der Waals surface area contributed by atoms with Gasteiger partial charge in [-0.2, -0.15) is 13.2 Å². The number of halogens is 4. The van der Waals surface area contributed by atoms with E-state index in [-0.39, 0.29) is 17.7 Å². The SMILES string of the molecule is CC(NC(=O)C1CC1c1ccccc1Cl)c1cccc(C(F)(F)F)c1. The van der Waals surface area contributed by atoms with E-state index in [0.717, 1.165) is 17.7 Å². The van der Waals surface area contributed by atoms with Crippen LogP contribution in [0.4, 0.5) is 13.2 Å². The molecule has 0 heterocycles. The van der Waals surface area contributed by atoms with Crippen molar-refractivity contribution in [1.29, 1.82) is 0 Å². The van der Waals surface area contributed by atoms with E-state index in [2.05, 4.69) is 5.32 Å². The van der Waals surface area contributed by atoms with Gasteiger partial charge in [-0.05, 0) is 48.6 Å². The van der Waals surface area contributed by atoms with Crippen LogP contribution in [-0.4, -0.2) is 5.91 Å². The lowest BCUT2D eigenvalue weighted by molar-refractivity contribution is -0.137. The highest BCUT2D eigenvalue weighted by atomic mass is 35.5. The molecular weight excluding hydrogens is 351 g/mol. The maximum Gasteiger partial charge on any atom is 0.416 e. The first-order valence-corrected chi connectivity index (χ1v) is 8.37. The van der Waals surface area contributed by atoms with Crippen LogP contribution < -0.4 is 5.32 Å². The third kappa shape index (κ3) is 3.98. The number of amides is 1. The van der Waals surface area contributed by atoms with E-state index in [1.165, 1.54) is 6.07 Å². The molecule has 1 N–H and O–H groups in total. The maximum atomic E-state index is 12.8. The van der Waals surface area contributed by atoms with Crippen molar-refractivity contribution in [3.05, 3.63) is 70.2 Å². The van der Waals surface area contributed by atoms with E-state index in [0.29, 0.717) is 17.0 Å². The predicted molar refractivity (Wildman–Crippen MR) is 90.3 cm³/mol. The topological polar surface area (TPSA) is 29.1 Å². The second-order valence-corrected chi connectivity index (χ2v) is 6.73. The number of carbonyl (C=O) groups is 1. The highest BCUT2D eigenvalue weighted by Crippen LogP contribution is 2.49. The fraction of sp³-hybridized carbons (Fsp3) is 0.316. The van der Waals surface area contributed by atoms with Gasteiger partial charge in [-0.25, -0.2) is 0 Å². The minimum absolute atomic E-state index is 0.0717. The smallest absolute Gasteiger partial charge is 0.349 e. The molecule has 1 amide bonds. The summed E-state index contributed by atoms with van der Waals surface area (Å²) in [5.74, 6) is -0.273. The molecule has 3 rings (SSSR count). The quantitative estimate of drug-likeness (QED) is 0.776. The van der Waals surface area contributed by atoms with Gasteiger partial charge in [-0.1, -0.05) is 41.9 Å². The van der Waals surface area contributed by atoms with Gasteiger partial charge >= 0.3 is 6.18 Å². The zero-order valence-corrected chi connectivity index (χ0v) is 14.2. The Bertz CT molecular complexity index is 790. The number of carbonyl (C=O) groups excluding carboxylic acids is 1. The highest BCUT2D eigenvalue weighted by molar-refractivity contribution is 6.31. The van der Waals surface area contributed by atoms with Crippen LogP contribution in [0.1, 0.15) is 42.0 Å². The molecular formula is C19H17ClF3NO. The van der Waals surface area contributed by atoms with Crippen molar-refractivity contribution in [3.8, 4) is 0 Å². The molecule has 132 valence electrons. The molecule has 25 heavy (non-hydrogen) atoms. The molecule has 0 spiro atoms. The number of nitrogens with one attached hydrogen (secondary N) is 1. The van der Waals surface area contributed by atoms with Gasteiger partial charge < -0.3 is 5.32 Å². The van der Waals surface area contributed by atoms with E-state index in [9.17, 15) is 18.0 Å². The highest BCUT2D eigenvalue weighted by Gasteiger charge is 2.45. The van der Waals surface area contributed by atoms with Crippen LogP contribution in [-0.2, 0) is 11.0 Å². The Hall–Kier alpha value is -2.01. The fourth-order valence-electron chi connectivity index (χ4n) is 2.99. The van der Waals surface area contributed by atoms with Gasteiger partial charge in [0, 0.05) is 10.9 Å². The number of rotatable bonds is 4. The van der Waals surface area contributed by atoms with Gasteiger partial charge in [0.2, 0.25) is 5.91 Å². The van der Waals surface area contributed by atoms with E-state index in [1.807, 2.05) is 18.2 Å². The Balaban J connectivity index is 1.65. The fourth-order valence-corrected chi connectivity index (χ4v) is 3.27. The molecule has 2 aromatic carbocycles. The molecule has 2 aromatic rings. The zero-order chi connectivity index (χ0) is 18.2. The Kier molecular flexibility index (Phi) is 4.78. The van der Waals surface area contributed by atoms with Crippen LogP contribution in [0.15, 0.2) is 48.5 Å². The largest absolute Gasteiger partial charge is 0.416 e. The van der Waals surface area contributed by atoms with Crippen molar-refractivity contribution in [2.75, 3.05) is 0 Å². The summed E-state index contributed by atoms with van der Waals surface area (Å²) < 4.78 is 38.4. The Morgan fingerprint density at radius 3 is 2.60 bits per heavy atom. The number of alkyl halides is 3. The van der Waals surface area contributed by atoms with E-state index >= 15 is 0 Å². The minimum Gasteiger partial charge on any atom is -0.349 e. The molecule has 2 nitrogen and oxygen atoms in total. The van der Waals surface area contributed by atoms with E-state index < -0.39 is 17.8 Å². The van der Waals surface area contributed by atoms with Crippen LogP contribution in [0.25, 0.3) is 0 Å². The summed E-state index contributed by atoms with van der Waals surface area (Å²) in [7, 11) is 0. The molecule has 1 saturated carbocycles. The van der Waals surface area contributed by atoms with Crippen molar-refractivity contribution in [2.45, 2.75) is 31.5 Å². The molecule has 0 radical (unpaired) electrons. The van der Waals surface area contributed by atoms with Gasteiger partial charge in [0.1, 0.15) is 0 Å². The van der Waals surface area contributed by atoms with Gasteiger partial charge in [0.05, 0.1) is 11.6 Å². The van der Waals surface area contributed by atoms with Gasteiger partial charge in [0.25, 0.3) is 0 Å². The normalized spacial score (nSPS) is 20.8. The summed E-state index contributed by atoms with van der Waals surface area (Å²) in [6.07, 6.45) is -3.70. The van der Waals surface area contributed by atoms with Crippen LogP contribution in [0, 0.1) is 5.92 Å². The van der Waals surface area contributed by atoms with Crippen LogP contribution in [0.2, 0.25) is 5.02 Å². The second kappa shape index (κ2) is 6.71. The monoisotopic (exact) mass is 367 g/mol. The molecule has 3 atom stereocenters. The summed E-state index contributed by atoms with van der Waals surface area (Å²) >= 11 is 6.15. The standard InChI is InChI=1S/C19H17ClF3NO/c1-11(12-5-4-6-13(9-12)19(21,22)23)24-18(25)16-10-15(16)14-7-2-3-8-17(14)20/h2-9,11,15-16H,10H2,1H3,(H,24,25). The minimum atomic E-state index is -4.40. The third-order valence-corrected chi connectivity index (χ3v) is 4.85. The molecule has 0 bridgehead atoms. The van der Waals surface area contributed by atoms with Gasteiger partial charge in [0.15, 0.2) is 0 Å². The zero-order valence-electron chi connectivity index (χ0n) is 13.5. The van der Waals surface area contributed by atoms with E-state index in [4.69, 9.17) is 11.6 Å². The van der Waals surface area contributed by atoms with E-state index in [1.54, 1.807) is 19.1 Å². The summed E-state index contributed by atoms with van der Waals surface area (Å²) in [4.78, 5) is 12.4. The van der Waals surface area contributed by atoms with Crippen molar-refractivity contribution in [1.82, 2.24) is 5.32 Å². The van der Waals surface area contributed by atoms with Crippen LogP contribution >= 0.6 is 11.6 Å².